The fourth-order valence-electron chi connectivity index (χ4n) is 0.941. The topological polar surface area (TPSA) is 67.7 Å². The minimum Gasteiger partial charge on any atom is -0.384 e. The molecule has 0 aliphatic heterocycles. The van der Waals surface area contributed by atoms with Crippen LogP contribution in [0.5, 0.6) is 0 Å². The molecule has 78 valence electrons. The van der Waals surface area contributed by atoms with Crippen molar-refractivity contribution in [3.05, 3.63) is 16.4 Å². The maximum Gasteiger partial charge on any atom is 0.435 e. The number of nitrogens with zero attached hydrogens (tertiary/aromatic N) is 2. The van der Waals surface area contributed by atoms with Gasteiger partial charge in [-0.1, -0.05) is 11.6 Å². The Hall–Kier alpha value is -1.24. The van der Waals surface area contributed by atoms with Crippen molar-refractivity contribution in [2.24, 2.45) is 12.8 Å². The van der Waals surface area contributed by atoms with Crippen molar-refractivity contribution in [2.75, 3.05) is 0 Å². The Kier molecular flexibility index (Phi) is 2.45. The number of aromatic nitrogens is 2. The van der Waals surface area contributed by atoms with Gasteiger partial charge in [0.15, 0.2) is 5.69 Å². The van der Waals surface area contributed by atoms with Gasteiger partial charge in [-0.3, -0.25) is 10.1 Å². The monoisotopic (exact) mass is 226 g/mol. The molecule has 1 heterocycles. The molecule has 4 nitrogen and oxygen atoms in total. The number of amidine groups is 1. The summed E-state index contributed by atoms with van der Waals surface area (Å²) in [4.78, 5) is 0. The van der Waals surface area contributed by atoms with E-state index >= 15 is 0 Å². The summed E-state index contributed by atoms with van der Waals surface area (Å²) in [5.41, 5.74) is 3.15. The first-order valence-electron chi connectivity index (χ1n) is 3.39. The minimum absolute atomic E-state index is 0.301. The lowest BCUT2D eigenvalue weighted by Crippen LogP contribution is -2.18. The number of nitrogens with two attached hydrogens (primary N) is 1. The van der Waals surface area contributed by atoms with Crippen molar-refractivity contribution < 1.29 is 13.2 Å². The lowest BCUT2D eigenvalue weighted by molar-refractivity contribution is -0.141. The van der Waals surface area contributed by atoms with Gasteiger partial charge in [0.2, 0.25) is 0 Å². The molecule has 3 N–H and O–H groups in total. The maximum atomic E-state index is 12.3. The molecule has 1 rings (SSSR count). The van der Waals surface area contributed by atoms with Gasteiger partial charge in [-0.25, -0.2) is 0 Å². The number of alkyl halides is 3. The number of aryl methyl sites for hydroxylation is 1. The van der Waals surface area contributed by atoms with Gasteiger partial charge < -0.3 is 5.73 Å². The molecule has 0 amide bonds. The van der Waals surface area contributed by atoms with Crippen LogP contribution in [-0.2, 0) is 13.2 Å². The van der Waals surface area contributed by atoms with Crippen LogP contribution in [0, 0.1) is 5.41 Å². The first kappa shape index (κ1) is 10.8. The van der Waals surface area contributed by atoms with Crippen LogP contribution in [0.4, 0.5) is 13.2 Å². The molecule has 1 aromatic heterocycles. The lowest BCUT2D eigenvalue weighted by atomic mass is 10.2. The van der Waals surface area contributed by atoms with E-state index in [4.69, 9.17) is 22.7 Å². The predicted molar refractivity (Wildman–Crippen MR) is 44.2 cm³/mol. The summed E-state index contributed by atoms with van der Waals surface area (Å²) < 4.78 is 37.8. The van der Waals surface area contributed by atoms with E-state index in [-0.39, 0.29) is 5.15 Å². The standard InChI is InChI=1S/C6H6ClF3N4/c1-14-4(7)2(5(11)12)3(13-14)6(8,9)10/h1H3,(H3,11,12). The Labute approximate surface area is 82.0 Å². The molecule has 8 heteroatoms. The molecule has 0 aromatic carbocycles. The number of nitrogens with one attached hydrogen (secondary N) is 1. The van der Waals surface area contributed by atoms with Gasteiger partial charge in [-0.05, 0) is 0 Å². The normalized spacial score (nSPS) is 11.8. The van der Waals surface area contributed by atoms with Crippen molar-refractivity contribution in [1.82, 2.24) is 9.78 Å². The van der Waals surface area contributed by atoms with Gasteiger partial charge in [-0.2, -0.15) is 18.3 Å². The van der Waals surface area contributed by atoms with Gasteiger partial charge in [0.25, 0.3) is 0 Å². The van der Waals surface area contributed by atoms with Crippen molar-refractivity contribution >= 4 is 17.4 Å². The van der Waals surface area contributed by atoms with Crippen molar-refractivity contribution in [1.29, 1.82) is 5.41 Å². The summed E-state index contributed by atoms with van der Waals surface area (Å²) in [6, 6.07) is 0. The average molecular weight is 227 g/mol. The van der Waals surface area contributed by atoms with E-state index in [1.165, 1.54) is 7.05 Å². The SMILES string of the molecule is Cn1nc(C(F)(F)F)c(C(=N)N)c1Cl. The third-order valence-corrected chi connectivity index (χ3v) is 1.95. The van der Waals surface area contributed by atoms with E-state index < -0.39 is 23.3 Å². The molecular formula is C6H6ClF3N4. The summed E-state index contributed by atoms with van der Waals surface area (Å²) in [7, 11) is 1.24. The molecule has 0 radical (unpaired) electrons. The number of rotatable bonds is 1. The Morgan fingerprint density at radius 2 is 2.07 bits per heavy atom. The molecule has 0 atom stereocenters. The number of halogens is 4. The first-order chi connectivity index (χ1) is 6.25. The fourth-order valence-corrected chi connectivity index (χ4v) is 1.17. The molecule has 0 bridgehead atoms. The maximum absolute atomic E-state index is 12.3. The highest BCUT2D eigenvalue weighted by Gasteiger charge is 2.39. The van der Waals surface area contributed by atoms with Gasteiger partial charge in [-0.15, -0.1) is 0 Å². The van der Waals surface area contributed by atoms with Crippen LogP contribution in [0.25, 0.3) is 0 Å². The molecule has 0 fully saturated rings. The van der Waals surface area contributed by atoms with Crippen molar-refractivity contribution in [3.8, 4) is 0 Å². The highest BCUT2D eigenvalue weighted by atomic mass is 35.5. The van der Waals surface area contributed by atoms with Gasteiger partial charge in [0.1, 0.15) is 11.0 Å². The fraction of sp³-hybridized carbons (Fsp3) is 0.333. The molecule has 0 aliphatic rings. The zero-order valence-electron chi connectivity index (χ0n) is 6.98. The highest BCUT2D eigenvalue weighted by Crippen LogP contribution is 2.33. The van der Waals surface area contributed by atoms with Crippen LogP contribution in [0.3, 0.4) is 0 Å². The zero-order valence-corrected chi connectivity index (χ0v) is 7.74. The van der Waals surface area contributed by atoms with Crippen LogP contribution in [-0.4, -0.2) is 15.6 Å². The third-order valence-electron chi connectivity index (χ3n) is 1.52. The zero-order chi connectivity index (χ0) is 11.1. The van der Waals surface area contributed by atoms with Crippen LogP contribution < -0.4 is 5.73 Å². The van der Waals surface area contributed by atoms with E-state index in [9.17, 15) is 13.2 Å². The number of hydrogen-bond donors (Lipinski definition) is 2. The second-order valence-corrected chi connectivity index (χ2v) is 2.91. The quantitative estimate of drug-likeness (QED) is 0.561. The van der Waals surface area contributed by atoms with Crippen molar-refractivity contribution in [3.63, 3.8) is 0 Å². The Bertz CT molecular complexity index is 381. The van der Waals surface area contributed by atoms with Gasteiger partial charge in [0, 0.05) is 7.05 Å². The van der Waals surface area contributed by atoms with E-state index in [1.807, 2.05) is 0 Å². The third kappa shape index (κ3) is 1.67. The largest absolute Gasteiger partial charge is 0.435 e. The van der Waals surface area contributed by atoms with E-state index in [0.717, 1.165) is 4.68 Å². The van der Waals surface area contributed by atoms with Crippen LogP contribution in [0.2, 0.25) is 5.15 Å². The van der Waals surface area contributed by atoms with E-state index in [0.29, 0.717) is 0 Å². The second kappa shape index (κ2) is 3.16. The molecule has 14 heavy (non-hydrogen) atoms. The first-order valence-corrected chi connectivity index (χ1v) is 3.77. The smallest absolute Gasteiger partial charge is 0.384 e. The number of nitrogen functional groups attached to an aromatic ring is 1. The van der Waals surface area contributed by atoms with E-state index in [2.05, 4.69) is 5.10 Å². The Morgan fingerprint density at radius 1 is 1.57 bits per heavy atom. The molecule has 1 aromatic rings. The summed E-state index contributed by atoms with van der Waals surface area (Å²) in [6.07, 6.45) is -4.66. The Morgan fingerprint density at radius 3 is 2.36 bits per heavy atom. The second-order valence-electron chi connectivity index (χ2n) is 2.55. The molecule has 0 saturated carbocycles. The number of hydrogen-bond acceptors (Lipinski definition) is 2. The van der Waals surface area contributed by atoms with Crippen LogP contribution in [0.1, 0.15) is 11.3 Å². The van der Waals surface area contributed by atoms with Gasteiger partial charge in [0.05, 0.1) is 5.56 Å². The van der Waals surface area contributed by atoms with Gasteiger partial charge >= 0.3 is 6.18 Å². The predicted octanol–water partition coefficient (Wildman–Crippen LogP) is 1.38. The van der Waals surface area contributed by atoms with Crippen LogP contribution in [0.15, 0.2) is 0 Å². The Balaban J connectivity index is 3.45. The summed E-state index contributed by atoms with van der Waals surface area (Å²) in [5.74, 6) is -0.754. The molecule has 0 saturated heterocycles. The minimum atomic E-state index is -4.66. The summed E-state index contributed by atoms with van der Waals surface area (Å²) >= 11 is 5.49. The molecule has 0 aliphatic carbocycles. The molecule has 0 unspecified atom stereocenters. The molecular weight excluding hydrogens is 221 g/mol. The summed E-state index contributed by atoms with van der Waals surface area (Å²) in [6.45, 7) is 0. The summed E-state index contributed by atoms with van der Waals surface area (Å²) in [5, 5.41) is 9.79. The van der Waals surface area contributed by atoms with E-state index in [1.54, 1.807) is 0 Å². The van der Waals surface area contributed by atoms with Crippen LogP contribution >= 0.6 is 11.6 Å². The molecule has 0 spiro atoms. The highest BCUT2D eigenvalue weighted by molar-refractivity contribution is 6.33. The average Bonchev–Trinajstić information content (AvgIpc) is 2.27. The van der Waals surface area contributed by atoms with Crippen molar-refractivity contribution in [2.45, 2.75) is 6.18 Å². The lowest BCUT2D eigenvalue weighted by Gasteiger charge is -2.04.